The number of aliphatic carboxylic acids is 1. The highest BCUT2D eigenvalue weighted by atomic mass is 32.2. The summed E-state index contributed by atoms with van der Waals surface area (Å²) in [5, 5.41) is 10.2. The van der Waals surface area contributed by atoms with Gasteiger partial charge < -0.3 is 16.2 Å². The van der Waals surface area contributed by atoms with E-state index in [9.17, 15) is 18.0 Å². The fraction of sp³-hybridized carbons (Fsp3) is 0. The largest absolute Gasteiger partial charge is 0.474 e. The smallest absolute Gasteiger partial charge is 0.394 e. The maximum absolute atomic E-state index is 10.9. The third-order valence-electron chi connectivity index (χ3n) is 1.74. The number of benzene rings is 1. The number of rotatable bonds is 2. The van der Waals surface area contributed by atoms with Gasteiger partial charge in [0.15, 0.2) is 0 Å². The summed E-state index contributed by atoms with van der Waals surface area (Å²) in [7, 11) is -4.54. The van der Waals surface area contributed by atoms with Crippen LogP contribution in [-0.2, 0) is 19.7 Å². The van der Waals surface area contributed by atoms with Crippen molar-refractivity contribution in [1.29, 1.82) is 0 Å². The zero-order valence-electron chi connectivity index (χ0n) is 8.25. The van der Waals surface area contributed by atoms with Crippen molar-refractivity contribution in [3.05, 3.63) is 18.2 Å². The quantitative estimate of drug-likeness (QED) is 0.319. The molecule has 0 heterocycles. The van der Waals surface area contributed by atoms with Crippen molar-refractivity contribution in [2.24, 2.45) is 0 Å². The summed E-state index contributed by atoms with van der Waals surface area (Å²) in [5.41, 5.74) is 4.96. The minimum absolute atomic E-state index is 0.112. The lowest BCUT2D eigenvalue weighted by Crippen LogP contribution is -2.22. The van der Waals surface area contributed by atoms with Crippen LogP contribution in [0.5, 0.6) is 0 Å². The van der Waals surface area contributed by atoms with Gasteiger partial charge in [0.1, 0.15) is 4.90 Å². The molecule has 0 atom stereocenters. The Morgan fingerprint density at radius 2 is 1.88 bits per heavy atom. The molecule has 0 unspecified atom stereocenters. The van der Waals surface area contributed by atoms with E-state index in [1.54, 1.807) is 0 Å². The molecule has 92 valence electrons. The number of carbonyl (C=O) groups is 2. The number of hydrogen-bond acceptors (Lipinski definition) is 5. The van der Waals surface area contributed by atoms with Gasteiger partial charge >= 0.3 is 11.9 Å². The molecule has 0 aliphatic rings. The Labute approximate surface area is 95.8 Å². The Hall–Kier alpha value is -2.13. The number of nitrogen functional groups attached to an aromatic ring is 1. The molecule has 0 aliphatic carbocycles. The maximum atomic E-state index is 10.9. The Bertz CT molecular complexity index is 580. The second-order valence-electron chi connectivity index (χ2n) is 2.99. The molecule has 0 saturated carbocycles. The lowest BCUT2D eigenvalue weighted by atomic mass is 10.3. The number of carboxylic acid groups (broad SMARTS) is 1. The van der Waals surface area contributed by atoms with Gasteiger partial charge in [-0.25, -0.2) is 4.79 Å². The first-order valence-electron chi connectivity index (χ1n) is 4.13. The number of carboxylic acids is 1. The summed E-state index contributed by atoms with van der Waals surface area (Å²) < 4.78 is 30.5. The van der Waals surface area contributed by atoms with E-state index in [1.165, 1.54) is 6.07 Å². The molecule has 1 rings (SSSR count). The molecular formula is C8H8N2O6S. The molecule has 1 amide bonds. The first kappa shape index (κ1) is 12.9. The number of hydrogen-bond donors (Lipinski definition) is 4. The minimum Gasteiger partial charge on any atom is -0.474 e. The predicted octanol–water partition coefficient (Wildman–Crippen LogP) is -0.461. The molecular weight excluding hydrogens is 252 g/mol. The van der Waals surface area contributed by atoms with E-state index in [-0.39, 0.29) is 11.4 Å². The van der Waals surface area contributed by atoms with Crippen molar-refractivity contribution in [3.8, 4) is 0 Å². The summed E-state index contributed by atoms with van der Waals surface area (Å²) >= 11 is 0. The number of amides is 1. The van der Waals surface area contributed by atoms with E-state index in [1.807, 2.05) is 5.32 Å². The fourth-order valence-corrected chi connectivity index (χ4v) is 1.66. The molecule has 17 heavy (non-hydrogen) atoms. The predicted molar refractivity (Wildman–Crippen MR) is 56.9 cm³/mol. The maximum Gasteiger partial charge on any atom is 0.394 e. The van der Waals surface area contributed by atoms with E-state index >= 15 is 0 Å². The van der Waals surface area contributed by atoms with Gasteiger partial charge in [0, 0.05) is 5.69 Å². The molecule has 0 bridgehead atoms. The molecule has 0 radical (unpaired) electrons. The van der Waals surface area contributed by atoms with Crippen LogP contribution >= 0.6 is 0 Å². The van der Waals surface area contributed by atoms with Crippen LogP contribution in [0.3, 0.4) is 0 Å². The van der Waals surface area contributed by atoms with Crippen molar-refractivity contribution in [2.75, 3.05) is 11.1 Å². The Morgan fingerprint density at radius 3 is 2.35 bits per heavy atom. The Kier molecular flexibility index (Phi) is 3.34. The molecule has 5 N–H and O–H groups in total. The lowest BCUT2D eigenvalue weighted by Gasteiger charge is -2.06. The molecule has 9 heteroatoms. The van der Waals surface area contributed by atoms with Crippen LogP contribution < -0.4 is 11.1 Å². The van der Waals surface area contributed by atoms with E-state index in [0.717, 1.165) is 12.1 Å². The number of carbonyl (C=O) groups excluding carboxylic acids is 1. The summed E-state index contributed by atoms with van der Waals surface area (Å²) in [6, 6.07) is 3.16. The SMILES string of the molecule is Nc1ccc(NC(=O)C(=O)O)cc1S(=O)(=O)O. The van der Waals surface area contributed by atoms with Crippen LogP contribution in [0.4, 0.5) is 11.4 Å². The van der Waals surface area contributed by atoms with Crippen LogP contribution in [0.25, 0.3) is 0 Å². The summed E-state index contributed by atoms with van der Waals surface area (Å²) in [6.07, 6.45) is 0. The van der Waals surface area contributed by atoms with Crippen molar-refractivity contribution in [2.45, 2.75) is 4.90 Å². The normalized spacial score (nSPS) is 10.9. The van der Waals surface area contributed by atoms with Crippen LogP contribution in [0, 0.1) is 0 Å². The minimum atomic E-state index is -4.54. The number of nitrogens with two attached hydrogens (primary N) is 1. The van der Waals surface area contributed by atoms with Crippen molar-refractivity contribution in [3.63, 3.8) is 0 Å². The average Bonchev–Trinajstić information content (AvgIpc) is 2.19. The van der Waals surface area contributed by atoms with Gasteiger partial charge in [0.05, 0.1) is 5.69 Å². The van der Waals surface area contributed by atoms with Gasteiger partial charge in [-0.2, -0.15) is 8.42 Å². The highest BCUT2D eigenvalue weighted by Crippen LogP contribution is 2.22. The van der Waals surface area contributed by atoms with Crippen LogP contribution in [-0.4, -0.2) is 30.0 Å². The van der Waals surface area contributed by atoms with E-state index in [0.29, 0.717) is 0 Å². The fourth-order valence-electron chi connectivity index (χ4n) is 1.02. The number of anilines is 2. The molecule has 0 saturated heterocycles. The Morgan fingerprint density at radius 1 is 1.29 bits per heavy atom. The second kappa shape index (κ2) is 4.39. The third kappa shape index (κ3) is 3.16. The van der Waals surface area contributed by atoms with Gasteiger partial charge in [-0.05, 0) is 18.2 Å². The molecule has 0 aromatic heterocycles. The van der Waals surface area contributed by atoms with E-state index in [2.05, 4.69) is 0 Å². The van der Waals surface area contributed by atoms with Gasteiger partial charge in [-0.1, -0.05) is 0 Å². The second-order valence-corrected chi connectivity index (χ2v) is 4.38. The molecule has 1 aromatic rings. The van der Waals surface area contributed by atoms with Gasteiger partial charge in [0.2, 0.25) is 0 Å². The molecule has 1 aromatic carbocycles. The molecule has 0 fully saturated rings. The number of nitrogens with one attached hydrogen (secondary N) is 1. The van der Waals surface area contributed by atoms with Crippen molar-refractivity contribution < 1.29 is 27.7 Å². The highest BCUT2D eigenvalue weighted by molar-refractivity contribution is 7.86. The van der Waals surface area contributed by atoms with E-state index in [4.69, 9.17) is 15.4 Å². The highest BCUT2D eigenvalue weighted by Gasteiger charge is 2.17. The first-order valence-corrected chi connectivity index (χ1v) is 5.57. The van der Waals surface area contributed by atoms with Crippen molar-refractivity contribution >= 4 is 33.4 Å². The molecule has 0 spiro atoms. The summed E-state index contributed by atoms with van der Waals surface area (Å²) in [5.74, 6) is -3.06. The monoisotopic (exact) mass is 260 g/mol. The standard InChI is InChI=1S/C8H8N2O6S/c9-5-2-1-4(10-7(11)8(12)13)3-6(5)17(14,15)16/h1-3H,9H2,(H,10,11)(H,12,13)(H,14,15,16). The van der Waals surface area contributed by atoms with Gasteiger partial charge in [-0.15, -0.1) is 0 Å². The summed E-state index contributed by atoms with van der Waals surface area (Å²) in [6.45, 7) is 0. The van der Waals surface area contributed by atoms with Crippen LogP contribution in [0.1, 0.15) is 0 Å². The van der Waals surface area contributed by atoms with Crippen LogP contribution in [0.2, 0.25) is 0 Å². The summed E-state index contributed by atoms with van der Waals surface area (Å²) in [4.78, 5) is 20.4. The van der Waals surface area contributed by atoms with Crippen LogP contribution in [0.15, 0.2) is 23.1 Å². The van der Waals surface area contributed by atoms with E-state index < -0.39 is 26.9 Å². The zero-order valence-corrected chi connectivity index (χ0v) is 9.06. The topological polar surface area (TPSA) is 147 Å². The van der Waals surface area contributed by atoms with Crippen molar-refractivity contribution in [1.82, 2.24) is 0 Å². The molecule has 0 aliphatic heterocycles. The lowest BCUT2D eigenvalue weighted by molar-refractivity contribution is -0.147. The third-order valence-corrected chi connectivity index (χ3v) is 2.65. The van der Waals surface area contributed by atoms with Gasteiger partial charge in [-0.3, -0.25) is 9.35 Å². The zero-order chi connectivity index (χ0) is 13.2. The average molecular weight is 260 g/mol. The van der Waals surface area contributed by atoms with Gasteiger partial charge in [0.25, 0.3) is 10.1 Å². The first-order chi connectivity index (χ1) is 7.71. The Balaban J connectivity index is 3.14. The molecule has 8 nitrogen and oxygen atoms in total.